The van der Waals surface area contributed by atoms with Gasteiger partial charge in [-0.2, -0.15) is 5.01 Å². The summed E-state index contributed by atoms with van der Waals surface area (Å²) in [4.78, 5) is 58.5. The van der Waals surface area contributed by atoms with Crippen molar-refractivity contribution in [3.63, 3.8) is 0 Å². The predicted molar refractivity (Wildman–Crippen MR) is 196 cm³/mol. The maximum absolute atomic E-state index is 15.4. The highest BCUT2D eigenvalue weighted by Crippen LogP contribution is 2.62. The molecule has 1 saturated heterocycles. The number of para-hydroxylation sites is 1. The molecule has 1 saturated carbocycles. The Balaban J connectivity index is 1.40. The minimum Gasteiger partial charge on any atom is -0.507 e. The summed E-state index contributed by atoms with van der Waals surface area (Å²) in [5.74, 6) is -2.22. The second kappa shape index (κ2) is 12.3. The van der Waals surface area contributed by atoms with Gasteiger partial charge in [-0.15, -0.1) is 0 Å². The molecule has 2 fully saturated rings. The Morgan fingerprint density at radius 1 is 0.885 bits per heavy atom. The number of nitrogens with one attached hydrogen (secondary N) is 1. The first kappa shape index (κ1) is 33.6. The number of anilines is 1. The second-order valence-corrected chi connectivity index (χ2v) is 14.3. The quantitative estimate of drug-likeness (QED) is 0.160. The molecule has 264 valence electrons. The van der Waals surface area contributed by atoms with Crippen LogP contribution in [0.3, 0.4) is 0 Å². The van der Waals surface area contributed by atoms with E-state index >= 15 is 4.79 Å². The molecule has 0 bridgehead atoms. The number of halogens is 2. The number of allylic oxidation sites excluding steroid dienone is 2. The molecule has 13 heteroatoms. The molecule has 2 amide bonds. The fraction of sp³-hybridized carbons (Fsp3) is 0.231. The fourth-order valence-electron chi connectivity index (χ4n) is 8.43. The summed E-state index contributed by atoms with van der Waals surface area (Å²) in [7, 11) is 1.55. The maximum atomic E-state index is 15.4. The van der Waals surface area contributed by atoms with Gasteiger partial charge in [0.15, 0.2) is 0 Å². The Hall–Kier alpha value is -5.52. The molecular formula is C39H33Cl2N5O6. The number of ether oxygens (including phenoxy) is 1. The van der Waals surface area contributed by atoms with Gasteiger partial charge in [0.05, 0.1) is 47.4 Å². The van der Waals surface area contributed by atoms with Gasteiger partial charge in [-0.05, 0) is 90.6 Å². The first-order valence-corrected chi connectivity index (χ1v) is 17.5. The molecule has 3 heterocycles. The number of fused-ring (bicyclic) bond motifs is 4. The van der Waals surface area contributed by atoms with E-state index in [2.05, 4.69) is 5.43 Å². The normalized spacial score (nSPS) is 22.1. The van der Waals surface area contributed by atoms with E-state index < -0.39 is 46.5 Å². The molecule has 5 aromatic rings. The minimum absolute atomic E-state index is 0.0274. The largest absolute Gasteiger partial charge is 0.507 e. The van der Waals surface area contributed by atoms with Crippen molar-refractivity contribution >= 4 is 40.7 Å². The Bertz CT molecular complexity index is 2430. The average Bonchev–Trinajstić information content (AvgIpc) is 3.52. The van der Waals surface area contributed by atoms with Crippen molar-refractivity contribution in [1.82, 2.24) is 18.9 Å². The van der Waals surface area contributed by atoms with Gasteiger partial charge < -0.3 is 9.84 Å². The van der Waals surface area contributed by atoms with E-state index in [4.69, 9.17) is 27.9 Å². The van der Waals surface area contributed by atoms with E-state index in [0.717, 1.165) is 9.58 Å². The van der Waals surface area contributed by atoms with Crippen molar-refractivity contribution in [2.45, 2.75) is 44.2 Å². The number of hydrazine groups is 1. The molecule has 52 heavy (non-hydrogen) atoms. The van der Waals surface area contributed by atoms with E-state index in [9.17, 15) is 19.5 Å². The summed E-state index contributed by atoms with van der Waals surface area (Å²) in [6.07, 6.45) is 1.92. The number of imide groups is 1. The predicted octanol–water partition coefficient (Wildman–Crippen LogP) is 6.06. The van der Waals surface area contributed by atoms with Crippen molar-refractivity contribution in [3.8, 4) is 17.2 Å². The molecule has 4 atom stereocenters. The van der Waals surface area contributed by atoms with Crippen LogP contribution in [0.25, 0.3) is 5.69 Å². The Kier molecular flexibility index (Phi) is 7.96. The second-order valence-electron chi connectivity index (χ2n) is 13.4. The molecule has 0 radical (unpaired) electrons. The molecule has 2 N–H and O–H groups in total. The van der Waals surface area contributed by atoms with Crippen LogP contribution in [0.5, 0.6) is 11.5 Å². The first-order valence-electron chi connectivity index (χ1n) is 16.7. The van der Waals surface area contributed by atoms with Crippen molar-refractivity contribution in [2.75, 3.05) is 12.5 Å². The number of nitrogens with zero attached hydrogens (tertiary/aromatic N) is 4. The summed E-state index contributed by atoms with van der Waals surface area (Å²) in [6, 6.07) is 23.3. The average molecular weight is 739 g/mol. The van der Waals surface area contributed by atoms with E-state index in [1.807, 2.05) is 18.2 Å². The highest BCUT2D eigenvalue weighted by Gasteiger charge is 2.69. The van der Waals surface area contributed by atoms with Crippen LogP contribution in [0.4, 0.5) is 5.69 Å². The van der Waals surface area contributed by atoms with Gasteiger partial charge in [0.1, 0.15) is 11.5 Å². The van der Waals surface area contributed by atoms with Gasteiger partial charge in [-0.1, -0.05) is 71.7 Å². The van der Waals surface area contributed by atoms with Crippen molar-refractivity contribution in [1.29, 1.82) is 0 Å². The molecule has 4 unspecified atom stereocenters. The molecule has 3 aliphatic rings. The van der Waals surface area contributed by atoms with Gasteiger partial charge >= 0.3 is 11.4 Å². The van der Waals surface area contributed by atoms with Crippen molar-refractivity contribution in [2.24, 2.45) is 5.92 Å². The number of carbonyl (C=O) groups excluding carboxylic acids is 2. The summed E-state index contributed by atoms with van der Waals surface area (Å²) in [6.45, 7) is 3.61. The van der Waals surface area contributed by atoms with Crippen LogP contribution in [0.15, 0.2) is 106 Å². The van der Waals surface area contributed by atoms with Crippen LogP contribution in [0.2, 0.25) is 10.0 Å². The summed E-state index contributed by atoms with van der Waals surface area (Å²) in [5, 5.41) is 12.5. The van der Waals surface area contributed by atoms with E-state index in [1.54, 1.807) is 87.7 Å². The fourth-order valence-corrected chi connectivity index (χ4v) is 8.88. The zero-order valence-electron chi connectivity index (χ0n) is 28.3. The van der Waals surface area contributed by atoms with Gasteiger partial charge in [-0.25, -0.2) is 23.5 Å². The topological polar surface area (TPSA) is 128 Å². The van der Waals surface area contributed by atoms with Crippen LogP contribution in [0, 0.1) is 19.8 Å². The zero-order chi connectivity index (χ0) is 36.6. The van der Waals surface area contributed by atoms with E-state index in [0.29, 0.717) is 50.0 Å². The molecule has 1 aliphatic carbocycles. The van der Waals surface area contributed by atoms with Crippen molar-refractivity contribution < 1.29 is 19.4 Å². The number of aromatic hydroxyl groups is 1. The number of hydrogen-bond acceptors (Lipinski definition) is 7. The summed E-state index contributed by atoms with van der Waals surface area (Å²) < 4.78 is 9.42. The number of aromatic nitrogens is 3. The van der Waals surface area contributed by atoms with Crippen LogP contribution in [0.1, 0.15) is 40.6 Å². The zero-order valence-corrected chi connectivity index (χ0v) is 29.9. The number of aryl methyl sites for hydroxylation is 2. The van der Waals surface area contributed by atoms with E-state index in [-0.39, 0.29) is 23.7 Å². The third-order valence-electron chi connectivity index (χ3n) is 10.7. The number of benzene rings is 4. The van der Waals surface area contributed by atoms with Gasteiger partial charge in [0, 0.05) is 10.9 Å². The third-order valence-corrected chi connectivity index (χ3v) is 11.3. The van der Waals surface area contributed by atoms with Crippen LogP contribution in [-0.2, 0) is 21.5 Å². The van der Waals surface area contributed by atoms with E-state index in [1.165, 1.54) is 15.4 Å². The monoisotopic (exact) mass is 737 g/mol. The lowest BCUT2D eigenvalue weighted by molar-refractivity contribution is -0.138. The first-order chi connectivity index (χ1) is 25.0. The highest BCUT2D eigenvalue weighted by atomic mass is 35.5. The van der Waals surface area contributed by atoms with Gasteiger partial charge in [-0.3, -0.25) is 15.0 Å². The number of carbonyl (C=O) groups is 2. The van der Waals surface area contributed by atoms with Crippen LogP contribution < -0.4 is 21.5 Å². The molecule has 1 aromatic heterocycles. The third kappa shape index (κ3) is 4.79. The molecule has 4 aromatic carbocycles. The Morgan fingerprint density at radius 2 is 1.58 bits per heavy atom. The Labute approximate surface area is 307 Å². The Morgan fingerprint density at radius 3 is 2.23 bits per heavy atom. The lowest BCUT2D eigenvalue weighted by Crippen LogP contribution is -2.53. The lowest BCUT2D eigenvalue weighted by atomic mass is 9.53. The van der Waals surface area contributed by atoms with Crippen molar-refractivity contribution in [3.05, 3.63) is 150 Å². The number of rotatable bonds is 6. The van der Waals surface area contributed by atoms with Gasteiger partial charge in [0.25, 0.3) is 11.8 Å². The molecule has 2 aliphatic heterocycles. The number of amides is 2. The maximum Gasteiger partial charge on any atom is 0.352 e. The number of hydrogen-bond donors (Lipinski definition) is 2. The SMILES string of the molecule is COc1ccc(C23C(=O)N(Nc4ccc(Cl)cc4Cl)C(=O)C2CC2C(=CCn4c(=O)n(-c5ccccc5)c(=O)n42)C3c2cc(C)c(O)c(C)c2)cc1. The summed E-state index contributed by atoms with van der Waals surface area (Å²) >= 11 is 12.7. The van der Waals surface area contributed by atoms with Crippen LogP contribution >= 0.6 is 23.2 Å². The lowest BCUT2D eigenvalue weighted by Gasteiger charge is -2.49. The molecular weight excluding hydrogens is 705 g/mol. The molecule has 11 nitrogen and oxygen atoms in total. The number of methoxy groups -OCH3 is 1. The smallest absolute Gasteiger partial charge is 0.352 e. The minimum atomic E-state index is -1.54. The molecule has 8 rings (SSSR count). The number of phenolic OH excluding ortho intramolecular Hbond substituents is 1. The van der Waals surface area contributed by atoms with Gasteiger partial charge in [0.2, 0.25) is 0 Å². The van der Waals surface area contributed by atoms with Crippen LogP contribution in [-0.4, -0.2) is 43.0 Å². The summed E-state index contributed by atoms with van der Waals surface area (Å²) in [5.41, 5.74) is 4.20. The highest BCUT2D eigenvalue weighted by molar-refractivity contribution is 6.36. The molecule has 0 spiro atoms. The number of phenols is 1. The standard InChI is InChI=1S/C39H33Cl2N5O6/c1-21-17-23(18-22(2)34(21)47)33-28-15-16-43-37(50)44(26-7-5-4-6-8-26)38(51)46(43)32(28)20-29-35(48)45(42-31-14-11-25(40)19-30(31)41)36(49)39(29,33)24-9-12-27(52-3)13-10-24/h4-15,17-19,29,32-33,42,47H,16,20H2,1-3H3.